The van der Waals surface area contributed by atoms with Crippen LogP contribution < -0.4 is 5.32 Å². The second-order valence-electron chi connectivity index (χ2n) is 6.20. The molecular formula is C14H24F3NS. The van der Waals surface area contributed by atoms with Crippen molar-refractivity contribution >= 4 is 11.8 Å². The number of nitrogens with one attached hydrogen (secondary N) is 1. The van der Waals surface area contributed by atoms with Crippen LogP contribution in [0.4, 0.5) is 13.2 Å². The van der Waals surface area contributed by atoms with Crippen molar-refractivity contribution in [1.82, 2.24) is 5.32 Å². The molecule has 0 aromatic carbocycles. The Morgan fingerprint density at radius 2 is 1.84 bits per heavy atom. The normalized spacial score (nSPS) is 32.5. The highest BCUT2D eigenvalue weighted by molar-refractivity contribution is 8.00. The van der Waals surface area contributed by atoms with Crippen LogP contribution in [0.15, 0.2) is 0 Å². The molecule has 0 amide bonds. The number of rotatable bonds is 6. The van der Waals surface area contributed by atoms with Crippen LogP contribution >= 0.6 is 11.8 Å². The van der Waals surface area contributed by atoms with Gasteiger partial charge in [-0.05, 0) is 56.4 Å². The minimum Gasteiger partial charge on any atom is -0.314 e. The van der Waals surface area contributed by atoms with Gasteiger partial charge in [-0.3, -0.25) is 0 Å². The first-order valence-electron chi connectivity index (χ1n) is 7.38. The third-order valence-corrected chi connectivity index (χ3v) is 5.17. The maximum atomic E-state index is 12.2. The minimum absolute atomic E-state index is 0.147. The van der Waals surface area contributed by atoms with Gasteiger partial charge in [-0.25, -0.2) is 0 Å². The molecule has 0 aliphatic heterocycles. The monoisotopic (exact) mass is 295 g/mol. The first kappa shape index (κ1) is 15.5. The summed E-state index contributed by atoms with van der Waals surface area (Å²) in [5, 5.41) is 3.55. The van der Waals surface area contributed by atoms with Gasteiger partial charge in [0.05, 0.1) is 0 Å². The van der Waals surface area contributed by atoms with Gasteiger partial charge in [-0.2, -0.15) is 13.2 Å². The maximum Gasteiger partial charge on any atom is 0.441 e. The predicted molar refractivity (Wildman–Crippen MR) is 74.1 cm³/mol. The zero-order valence-corrected chi connectivity index (χ0v) is 12.3. The lowest BCUT2D eigenvalue weighted by Crippen LogP contribution is -2.34. The van der Waals surface area contributed by atoms with E-state index in [4.69, 9.17) is 0 Å². The summed E-state index contributed by atoms with van der Waals surface area (Å²) in [6.45, 7) is 3.24. The lowest BCUT2D eigenvalue weighted by atomic mass is 9.73. The van der Waals surface area contributed by atoms with E-state index < -0.39 is 5.51 Å². The molecule has 5 heteroatoms. The predicted octanol–water partition coefficient (Wildman–Crippen LogP) is 4.43. The lowest BCUT2D eigenvalue weighted by molar-refractivity contribution is -0.0329. The van der Waals surface area contributed by atoms with Crippen molar-refractivity contribution in [2.75, 3.05) is 12.3 Å². The molecule has 2 aliphatic rings. The molecule has 3 atom stereocenters. The van der Waals surface area contributed by atoms with Crippen LogP contribution in [0.2, 0.25) is 0 Å². The molecule has 3 unspecified atom stereocenters. The van der Waals surface area contributed by atoms with E-state index in [2.05, 4.69) is 12.2 Å². The molecule has 1 nitrogen and oxygen atoms in total. The Labute approximate surface area is 118 Å². The molecule has 112 valence electrons. The Hall–Kier alpha value is 0.100. The fourth-order valence-electron chi connectivity index (χ4n) is 3.12. The van der Waals surface area contributed by atoms with Gasteiger partial charge in [0.15, 0.2) is 0 Å². The Morgan fingerprint density at radius 1 is 1.11 bits per heavy atom. The molecule has 1 N–H and O–H groups in total. The average Bonchev–Trinajstić information content (AvgIpc) is 3.10. The van der Waals surface area contributed by atoms with E-state index in [0.717, 1.165) is 13.0 Å². The average molecular weight is 295 g/mol. The quantitative estimate of drug-likeness (QED) is 0.778. The molecule has 2 rings (SSSR count). The standard InChI is InChI=1S/C14H24F3NS/c1-10-2-3-12(9-18-13-4-5-13)11(8-10)6-7-19-14(15,16)17/h10-13,18H,2-9H2,1H3. The highest BCUT2D eigenvalue weighted by Crippen LogP contribution is 2.38. The smallest absolute Gasteiger partial charge is 0.314 e. The van der Waals surface area contributed by atoms with Crippen molar-refractivity contribution in [3.8, 4) is 0 Å². The summed E-state index contributed by atoms with van der Waals surface area (Å²) < 4.78 is 36.6. The zero-order valence-electron chi connectivity index (χ0n) is 11.5. The number of alkyl halides is 3. The van der Waals surface area contributed by atoms with Crippen LogP contribution in [0, 0.1) is 17.8 Å². The minimum atomic E-state index is -4.07. The number of halogens is 3. The van der Waals surface area contributed by atoms with E-state index >= 15 is 0 Å². The molecule has 0 spiro atoms. The molecular weight excluding hydrogens is 271 g/mol. The summed E-state index contributed by atoms with van der Waals surface area (Å²) in [6.07, 6.45) is 6.79. The fraction of sp³-hybridized carbons (Fsp3) is 1.00. The van der Waals surface area contributed by atoms with E-state index in [1.165, 1.54) is 25.7 Å². The topological polar surface area (TPSA) is 12.0 Å². The van der Waals surface area contributed by atoms with Crippen LogP contribution in [0.1, 0.15) is 45.4 Å². The molecule has 0 bridgehead atoms. The molecule has 19 heavy (non-hydrogen) atoms. The first-order chi connectivity index (χ1) is 8.94. The lowest BCUT2D eigenvalue weighted by Gasteiger charge is -2.35. The van der Waals surface area contributed by atoms with Crippen LogP contribution in [-0.2, 0) is 0 Å². The zero-order chi connectivity index (χ0) is 13.9. The fourth-order valence-corrected chi connectivity index (χ4v) is 3.77. The summed E-state index contributed by atoms with van der Waals surface area (Å²) in [6, 6.07) is 0.699. The van der Waals surface area contributed by atoms with E-state index in [-0.39, 0.29) is 17.5 Å². The molecule has 2 aliphatic carbocycles. The Kier molecular flexibility index (Phi) is 5.46. The maximum absolute atomic E-state index is 12.2. The summed E-state index contributed by atoms with van der Waals surface area (Å²) in [5.74, 6) is 1.97. The highest BCUT2D eigenvalue weighted by atomic mass is 32.2. The van der Waals surface area contributed by atoms with Gasteiger partial charge < -0.3 is 5.32 Å². The molecule has 0 aromatic rings. The van der Waals surface area contributed by atoms with Crippen molar-refractivity contribution in [3.63, 3.8) is 0 Å². The largest absolute Gasteiger partial charge is 0.441 e. The van der Waals surface area contributed by atoms with Crippen molar-refractivity contribution in [2.45, 2.75) is 57.0 Å². The Bertz CT molecular complexity index is 278. The van der Waals surface area contributed by atoms with Crippen molar-refractivity contribution in [1.29, 1.82) is 0 Å². The van der Waals surface area contributed by atoms with Gasteiger partial charge in [-0.1, -0.05) is 25.1 Å². The molecule has 0 radical (unpaired) electrons. The second-order valence-corrected chi connectivity index (χ2v) is 7.36. The van der Waals surface area contributed by atoms with E-state index in [0.29, 0.717) is 30.2 Å². The summed E-state index contributed by atoms with van der Waals surface area (Å²) in [4.78, 5) is 0. The van der Waals surface area contributed by atoms with Gasteiger partial charge >= 0.3 is 5.51 Å². The Balaban J connectivity index is 1.74. The molecule has 2 saturated carbocycles. The molecule has 0 heterocycles. The van der Waals surface area contributed by atoms with Crippen LogP contribution in [0.5, 0.6) is 0 Å². The molecule has 2 fully saturated rings. The van der Waals surface area contributed by atoms with Gasteiger partial charge in [0.1, 0.15) is 0 Å². The van der Waals surface area contributed by atoms with Crippen molar-refractivity contribution in [2.24, 2.45) is 17.8 Å². The van der Waals surface area contributed by atoms with Gasteiger partial charge in [0.25, 0.3) is 0 Å². The second kappa shape index (κ2) is 6.70. The number of hydrogen-bond donors (Lipinski definition) is 1. The third-order valence-electron chi connectivity index (χ3n) is 4.40. The summed E-state index contributed by atoms with van der Waals surface area (Å²) >= 11 is 0.147. The SMILES string of the molecule is CC1CCC(CNC2CC2)C(CCSC(F)(F)F)C1. The third kappa shape index (κ3) is 5.94. The Morgan fingerprint density at radius 3 is 2.47 bits per heavy atom. The summed E-state index contributed by atoms with van der Waals surface area (Å²) in [5.41, 5.74) is -4.07. The highest BCUT2D eigenvalue weighted by Gasteiger charge is 2.32. The first-order valence-corrected chi connectivity index (χ1v) is 8.36. The van der Waals surface area contributed by atoms with Crippen molar-refractivity contribution in [3.05, 3.63) is 0 Å². The molecule has 0 aromatic heterocycles. The van der Waals surface area contributed by atoms with Gasteiger partial charge in [0, 0.05) is 11.8 Å². The van der Waals surface area contributed by atoms with E-state index in [1.54, 1.807) is 0 Å². The van der Waals surface area contributed by atoms with Crippen LogP contribution in [-0.4, -0.2) is 23.8 Å². The van der Waals surface area contributed by atoms with Crippen LogP contribution in [0.3, 0.4) is 0 Å². The summed E-state index contributed by atoms with van der Waals surface area (Å²) in [7, 11) is 0. The van der Waals surface area contributed by atoms with Gasteiger partial charge in [-0.15, -0.1) is 0 Å². The van der Waals surface area contributed by atoms with Crippen LogP contribution in [0.25, 0.3) is 0 Å². The van der Waals surface area contributed by atoms with Crippen molar-refractivity contribution < 1.29 is 13.2 Å². The molecule has 0 saturated heterocycles. The number of hydrogen-bond acceptors (Lipinski definition) is 2. The number of thioether (sulfide) groups is 1. The van der Waals surface area contributed by atoms with Gasteiger partial charge in [0.2, 0.25) is 0 Å². The van der Waals surface area contributed by atoms with E-state index in [1.807, 2.05) is 0 Å². The van der Waals surface area contributed by atoms with E-state index in [9.17, 15) is 13.2 Å².